The molecule has 0 fully saturated rings. The van der Waals surface area contributed by atoms with Gasteiger partial charge in [0.05, 0.1) is 6.54 Å². The van der Waals surface area contributed by atoms with Gasteiger partial charge >= 0.3 is 0 Å². The Morgan fingerprint density at radius 2 is 1.52 bits per heavy atom. The summed E-state index contributed by atoms with van der Waals surface area (Å²) in [7, 11) is 0. The number of para-hydroxylation sites is 2. The van der Waals surface area contributed by atoms with Crippen molar-refractivity contribution < 1.29 is 4.57 Å². The van der Waals surface area contributed by atoms with Crippen LogP contribution in [0.5, 0.6) is 0 Å². The smallest absolute Gasteiger partial charge is 0.230 e. The van der Waals surface area contributed by atoms with Gasteiger partial charge in [0.1, 0.15) is 5.88 Å². The van der Waals surface area contributed by atoms with Gasteiger partial charge in [-0.2, -0.15) is 0 Å². The highest BCUT2D eigenvalue weighted by atomic mass is 32.2. The lowest BCUT2D eigenvalue weighted by molar-refractivity contribution is -0.650. The second kappa shape index (κ2) is 12.4. The molecule has 0 amide bonds. The lowest BCUT2D eigenvalue weighted by Crippen LogP contribution is -2.30. The van der Waals surface area contributed by atoms with E-state index in [1.165, 1.54) is 81.0 Å². The number of thioether (sulfide) groups is 1. The molecule has 2 nitrogen and oxygen atoms in total. The minimum Gasteiger partial charge on any atom is -0.230 e. The summed E-state index contributed by atoms with van der Waals surface area (Å²) >= 11 is 2.07. The van der Waals surface area contributed by atoms with Gasteiger partial charge in [-0.3, -0.25) is 0 Å². The average molecular weight is 362 g/mol. The molecule has 0 saturated heterocycles. The Morgan fingerprint density at radius 1 is 0.840 bits per heavy atom. The summed E-state index contributed by atoms with van der Waals surface area (Å²) < 4.78 is 4.91. The summed E-state index contributed by atoms with van der Waals surface area (Å²) in [6, 6.07) is 8.88. The van der Waals surface area contributed by atoms with Gasteiger partial charge in [0, 0.05) is 0 Å². The van der Waals surface area contributed by atoms with Crippen molar-refractivity contribution in [2.75, 3.05) is 5.75 Å². The molecular formula is C22H37N2S+. The number of imidazole rings is 1. The quantitative estimate of drug-likeness (QED) is 0.273. The third kappa shape index (κ3) is 7.05. The van der Waals surface area contributed by atoms with Gasteiger partial charge in [0.2, 0.25) is 6.33 Å². The summed E-state index contributed by atoms with van der Waals surface area (Å²) in [5, 5.41) is 0. The van der Waals surface area contributed by atoms with Crippen LogP contribution in [0, 0.1) is 0 Å². The van der Waals surface area contributed by atoms with Crippen LogP contribution in [0.1, 0.15) is 78.1 Å². The minimum absolute atomic E-state index is 1.08. The van der Waals surface area contributed by atoms with E-state index < -0.39 is 0 Å². The molecule has 3 heteroatoms. The number of unbranched alkanes of at least 4 members (excludes halogenated alkanes) is 8. The molecule has 0 N–H and O–H groups in total. The van der Waals surface area contributed by atoms with Gasteiger partial charge in [0.25, 0.3) is 0 Å². The van der Waals surface area contributed by atoms with Gasteiger partial charge in [-0.1, -0.05) is 70.9 Å². The highest BCUT2D eigenvalue weighted by Gasteiger charge is 2.14. The molecule has 1 aromatic carbocycles. The van der Waals surface area contributed by atoms with Gasteiger partial charge in [0.15, 0.2) is 11.0 Å². The predicted molar refractivity (Wildman–Crippen MR) is 112 cm³/mol. The van der Waals surface area contributed by atoms with E-state index in [2.05, 4.69) is 65.3 Å². The highest BCUT2D eigenvalue weighted by molar-refractivity contribution is 7.98. The Labute approximate surface area is 159 Å². The molecule has 1 aromatic heterocycles. The lowest BCUT2D eigenvalue weighted by atomic mass is 10.1. The Hall–Kier alpha value is -0.960. The van der Waals surface area contributed by atoms with Crippen molar-refractivity contribution in [3.8, 4) is 0 Å². The standard InChI is InChI=1S/C22H37N2S/c1-3-5-7-9-10-13-17-23-19-24(20-25-18-14-8-6-4-2)22-16-12-11-15-21(22)23/h11-12,15-16,19H,3-10,13-14,17-18,20H2,1-2H3/q+1. The molecule has 0 bridgehead atoms. The second-order valence-corrected chi connectivity index (χ2v) is 8.21. The largest absolute Gasteiger partial charge is 0.245 e. The number of hydrogen-bond donors (Lipinski definition) is 0. The van der Waals surface area contributed by atoms with Crippen molar-refractivity contribution in [1.82, 2.24) is 4.57 Å². The zero-order chi connectivity index (χ0) is 17.7. The van der Waals surface area contributed by atoms with E-state index >= 15 is 0 Å². The molecule has 1 heterocycles. The molecule has 2 rings (SSSR count). The van der Waals surface area contributed by atoms with E-state index in [9.17, 15) is 0 Å². The molecule has 0 atom stereocenters. The molecule has 0 aliphatic heterocycles. The Bertz CT molecular complexity index is 541. The van der Waals surface area contributed by atoms with Crippen LogP contribution in [0.2, 0.25) is 0 Å². The Kier molecular flexibility index (Phi) is 10.1. The Balaban J connectivity index is 1.84. The minimum atomic E-state index is 1.08. The first-order valence-electron chi connectivity index (χ1n) is 10.4. The topological polar surface area (TPSA) is 8.81 Å². The number of nitrogens with zero attached hydrogens (tertiary/aromatic N) is 2. The number of aromatic nitrogens is 2. The Morgan fingerprint density at radius 3 is 2.32 bits per heavy atom. The molecule has 140 valence electrons. The maximum atomic E-state index is 2.47. The second-order valence-electron chi connectivity index (χ2n) is 7.13. The number of rotatable bonds is 14. The van der Waals surface area contributed by atoms with Crippen LogP contribution in [0.3, 0.4) is 0 Å². The summed E-state index contributed by atoms with van der Waals surface area (Å²) in [6.45, 7) is 5.72. The van der Waals surface area contributed by atoms with E-state index in [0.717, 1.165) is 12.4 Å². The van der Waals surface area contributed by atoms with E-state index in [0.29, 0.717) is 0 Å². The van der Waals surface area contributed by atoms with Crippen molar-refractivity contribution in [3.63, 3.8) is 0 Å². The van der Waals surface area contributed by atoms with Crippen molar-refractivity contribution in [1.29, 1.82) is 0 Å². The highest BCUT2D eigenvalue weighted by Crippen LogP contribution is 2.15. The van der Waals surface area contributed by atoms with Gasteiger partial charge in [-0.25, -0.2) is 9.13 Å². The third-order valence-electron chi connectivity index (χ3n) is 4.90. The fourth-order valence-electron chi connectivity index (χ4n) is 3.38. The number of aryl methyl sites for hydroxylation is 1. The first-order valence-corrected chi connectivity index (χ1v) is 11.6. The summed E-state index contributed by atoms with van der Waals surface area (Å²) in [4.78, 5) is 0. The molecule has 0 unspecified atom stereocenters. The van der Waals surface area contributed by atoms with Crippen molar-refractivity contribution in [3.05, 3.63) is 30.6 Å². The fraction of sp³-hybridized carbons (Fsp3) is 0.682. The van der Waals surface area contributed by atoms with Crippen molar-refractivity contribution in [2.24, 2.45) is 0 Å². The van der Waals surface area contributed by atoms with Crippen LogP contribution < -0.4 is 4.57 Å². The first-order chi connectivity index (χ1) is 12.4. The molecule has 0 radical (unpaired) electrons. The molecule has 0 aliphatic carbocycles. The molecule has 0 spiro atoms. The average Bonchev–Trinajstić information content (AvgIpc) is 2.99. The van der Waals surface area contributed by atoms with Crippen molar-refractivity contribution in [2.45, 2.75) is 90.5 Å². The summed E-state index contributed by atoms with van der Waals surface area (Å²) in [5.74, 6) is 2.36. The van der Waals surface area contributed by atoms with Gasteiger partial charge < -0.3 is 0 Å². The van der Waals surface area contributed by atoms with Crippen LogP contribution in [0.15, 0.2) is 30.6 Å². The fourth-order valence-corrected chi connectivity index (χ4v) is 4.32. The molecule has 0 aliphatic rings. The molecular weight excluding hydrogens is 324 g/mol. The third-order valence-corrected chi connectivity index (χ3v) is 5.94. The van der Waals surface area contributed by atoms with E-state index in [1.54, 1.807) is 0 Å². The van der Waals surface area contributed by atoms with E-state index in [-0.39, 0.29) is 0 Å². The summed E-state index contributed by atoms with van der Waals surface area (Å²) in [6.07, 6.45) is 16.0. The first kappa shape index (κ1) is 20.4. The maximum Gasteiger partial charge on any atom is 0.245 e. The normalized spacial score (nSPS) is 11.4. The predicted octanol–water partition coefficient (Wildman–Crippen LogP) is 6.56. The van der Waals surface area contributed by atoms with Gasteiger partial charge in [-0.15, -0.1) is 11.8 Å². The number of benzene rings is 1. The van der Waals surface area contributed by atoms with E-state index in [1.807, 2.05) is 0 Å². The SMILES string of the molecule is CCCCCCCCn1c[n+](CSCCCCCC)c2ccccc21. The molecule has 2 aromatic rings. The number of hydrogen-bond acceptors (Lipinski definition) is 1. The van der Waals surface area contributed by atoms with Crippen LogP contribution in [-0.4, -0.2) is 10.3 Å². The maximum absolute atomic E-state index is 2.47. The van der Waals surface area contributed by atoms with Crippen LogP contribution in [-0.2, 0) is 12.4 Å². The molecule has 25 heavy (non-hydrogen) atoms. The summed E-state index contributed by atoms with van der Waals surface area (Å²) in [5.41, 5.74) is 2.78. The zero-order valence-electron chi connectivity index (χ0n) is 16.4. The van der Waals surface area contributed by atoms with Crippen LogP contribution in [0.4, 0.5) is 0 Å². The number of fused-ring (bicyclic) bond motifs is 1. The van der Waals surface area contributed by atoms with E-state index in [4.69, 9.17) is 0 Å². The monoisotopic (exact) mass is 361 g/mol. The van der Waals surface area contributed by atoms with Crippen molar-refractivity contribution >= 4 is 22.8 Å². The molecule has 0 saturated carbocycles. The lowest BCUT2D eigenvalue weighted by Gasteiger charge is -2.00. The van der Waals surface area contributed by atoms with Crippen LogP contribution >= 0.6 is 11.8 Å². The zero-order valence-corrected chi connectivity index (χ0v) is 17.2. The van der Waals surface area contributed by atoms with Gasteiger partial charge in [-0.05, 0) is 37.1 Å². The van der Waals surface area contributed by atoms with Crippen LogP contribution in [0.25, 0.3) is 11.0 Å².